The lowest BCUT2D eigenvalue weighted by Crippen LogP contribution is -2.01. The van der Waals surface area contributed by atoms with Crippen LogP contribution in [0.4, 0.5) is 0 Å². The minimum atomic E-state index is 0.884. The van der Waals surface area contributed by atoms with Gasteiger partial charge in [0.25, 0.3) is 0 Å². The van der Waals surface area contributed by atoms with Crippen LogP contribution >= 0.6 is 0 Å². The fourth-order valence-electron chi connectivity index (χ4n) is 1.49. The summed E-state index contributed by atoms with van der Waals surface area (Å²) in [5.41, 5.74) is 2.49. The smallest absolute Gasteiger partial charge is 0.0948 e. The third-order valence-corrected chi connectivity index (χ3v) is 2.33. The fourth-order valence-corrected chi connectivity index (χ4v) is 1.49. The highest BCUT2D eigenvalue weighted by Gasteiger charge is 2.00. The summed E-state index contributed by atoms with van der Waals surface area (Å²) in [5.74, 6) is 0. The summed E-state index contributed by atoms with van der Waals surface area (Å²) in [6.45, 7) is 2.94. The van der Waals surface area contributed by atoms with Crippen LogP contribution in [0.1, 0.15) is 12.6 Å². The normalized spacial score (nSPS) is 11.9. The minimum Gasteiger partial charge on any atom is -0.333 e. The second kappa shape index (κ2) is 4.59. The third-order valence-electron chi connectivity index (χ3n) is 2.33. The summed E-state index contributed by atoms with van der Waals surface area (Å²) in [5, 5.41) is 6.90. The van der Waals surface area contributed by atoms with Crippen molar-refractivity contribution in [1.82, 2.24) is 19.7 Å². The maximum absolute atomic E-state index is 4.02. The van der Waals surface area contributed by atoms with E-state index in [-0.39, 0.29) is 0 Å². The lowest BCUT2D eigenvalue weighted by atomic mass is 10.1. The van der Waals surface area contributed by atoms with E-state index in [9.17, 15) is 0 Å². The van der Waals surface area contributed by atoms with Gasteiger partial charge in [-0.1, -0.05) is 6.08 Å². The zero-order chi connectivity index (χ0) is 10.5. The number of nitrogens with zero attached hydrogens (tertiary/aromatic N) is 3. The molecule has 4 nitrogen and oxygen atoms in total. The molecule has 0 aliphatic carbocycles. The van der Waals surface area contributed by atoms with E-state index >= 15 is 0 Å². The maximum atomic E-state index is 4.02. The number of aromatic amines is 1. The Labute approximate surface area is 88.7 Å². The molecular formula is C11H14N4. The van der Waals surface area contributed by atoms with E-state index in [0.29, 0.717) is 0 Å². The Kier molecular flexibility index (Phi) is 2.97. The van der Waals surface area contributed by atoms with Crippen molar-refractivity contribution in [1.29, 1.82) is 0 Å². The Hall–Kier alpha value is -1.84. The number of imidazole rings is 1. The number of aromatic nitrogens is 4. The molecular weight excluding hydrogens is 188 g/mol. The van der Waals surface area contributed by atoms with Crippen LogP contribution in [0.5, 0.6) is 0 Å². The molecule has 0 aromatic carbocycles. The number of hydrogen-bond acceptors (Lipinski definition) is 2. The number of allylic oxidation sites excluding steroid dienone is 2. The van der Waals surface area contributed by atoms with Crippen LogP contribution in [0, 0.1) is 0 Å². The highest BCUT2D eigenvalue weighted by molar-refractivity contribution is 5.12. The van der Waals surface area contributed by atoms with E-state index in [0.717, 1.165) is 18.7 Å². The molecule has 2 heterocycles. The molecule has 0 spiro atoms. The molecule has 0 radical (unpaired) electrons. The summed E-state index contributed by atoms with van der Waals surface area (Å²) in [6, 6.07) is 2.00. The second-order valence-corrected chi connectivity index (χ2v) is 3.44. The van der Waals surface area contributed by atoms with Crippen LogP contribution in [-0.2, 0) is 13.0 Å². The van der Waals surface area contributed by atoms with Crippen molar-refractivity contribution in [2.45, 2.75) is 19.9 Å². The Morgan fingerprint density at radius 2 is 2.47 bits per heavy atom. The zero-order valence-electron chi connectivity index (χ0n) is 8.72. The van der Waals surface area contributed by atoms with Crippen molar-refractivity contribution in [3.05, 3.63) is 48.3 Å². The highest BCUT2D eigenvalue weighted by Crippen LogP contribution is 2.07. The van der Waals surface area contributed by atoms with E-state index in [1.165, 1.54) is 5.57 Å². The number of rotatable bonds is 4. The molecule has 0 unspecified atom stereocenters. The molecule has 0 saturated carbocycles. The molecule has 1 N–H and O–H groups in total. The predicted octanol–water partition coefficient (Wildman–Crippen LogP) is 1.80. The van der Waals surface area contributed by atoms with Gasteiger partial charge in [-0.15, -0.1) is 0 Å². The first-order valence-corrected chi connectivity index (χ1v) is 4.96. The quantitative estimate of drug-likeness (QED) is 0.768. The van der Waals surface area contributed by atoms with Gasteiger partial charge >= 0.3 is 0 Å². The van der Waals surface area contributed by atoms with Crippen molar-refractivity contribution in [3.63, 3.8) is 0 Å². The fraction of sp³-hybridized carbons (Fsp3) is 0.273. The van der Waals surface area contributed by atoms with Crippen LogP contribution in [-0.4, -0.2) is 19.7 Å². The molecule has 0 saturated heterocycles. The van der Waals surface area contributed by atoms with E-state index < -0.39 is 0 Å². The average Bonchev–Trinajstić information content (AvgIpc) is 2.89. The molecule has 0 atom stereocenters. The van der Waals surface area contributed by atoms with Crippen LogP contribution < -0.4 is 0 Å². The van der Waals surface area contributed by atoms with Crippen LogP contribution in [0.15, 0.2) is 42.6 Å². The van der Waals surface area contributed by atoms with Crippen LogP contribution in [0.2, 0.25) is 0 Å². The van der Waals surface area contributed by atoms with E-state index in [1.807, 2.05) is 18.6 Å². The highest BCUT2D eigenvalue weighted by atomic mass is 15.1. The first-order chi connectivity index (χ1) is 7.38. The van der Waals surface area contributed by atoms with Crippen LogP contribution in [0.3, 0.4) is 0 Å². The Morgan fingerprint density at radius 1 is 1.53 bits per heavy atom. The van der Waals surface area contributed by atoms with Gasteiger partial charge in [-0.2, -0.15) is 5.10 Å². The molecule has 0 aliphatic heterocycles. The van der Waals surface area contributed by atoms with Crippen LogP contribution in [0.25, 0.3) is 0 Å². The monoisotopic (exact) mass is 202 g/mol. The molecule has 0 aliphatic rings. The summed E-state index contributed by atoms with van der Waals surface area (Å²) >= 11 is 0. The van der Waals surface area contributed by atoms with Gasteiger partial charge in [0, 0.05) is 37.3 Å². The van der Waals surface area contributed by atoms with Gasteiger partial charge < -0.3 is 4.57 Å². The Morgan fingerprint density at radius 3 is 3.07 bits per heavy atom. The second-order valence-electron chi connectivity index (χ2n) is 3.44. The minimum absolute atomic E-state index is 0.884. The zero-order valence-corrected chi connectivity index (χ0v) is 8.72. The van der Waals surface area contributed by atoms with Crippen molar-refractivity contribution >= 4 is 0 Å². The molecule has 0 bridgehead atoms. The van der Waals surface area contributed by atoms with E-state index in [2.05, 4.69) is 32.7 Å². The summed E-state index contributed by atoms with van der Waals surface area (Å²) in [6.07, 6.45) is 10.4. The molecule has 0 fully saturated rings. The topological polar surface area (TPSA) is 46.5 Å². The lowest BCUT2D eigenvalue weighted by Gasteiger charge is -2.06. The van der Waals surface area contributed by atoms with E-state index in [1.54, 1.807) is 12.4 Å². The SMILES string of the molecule is C/C=C(/Cc1ccn[nH]1)Cn1ccnc1. The Balaban J connectivity index is 2.00. The molecule has 15 heavy (non-hydrogen) atoms. The van der Waals surface area contributed by atoms with Gasteiger partial charge in [0.2, 0.25) is 0 Å². The van der Waals surface area contributed by atoms with Crippen molar-refractivity contribution < 1.29 is 0 Å². The molecule has 4 heteroatoms. The third kappa shape index (κ3) is 2.56. The van der Waals surface area contributed by atoms with Gasteiger partial charge in [0.15, 0.2) is 0 Å². The molecule has 78 valence electrons. The van der Waals surface area contributed by atoms with Crippen molar-refractivity contribution in [2.75, 3.05) is 0 Å². The average molecular weight is 202 g/mol. The molecule has 2 rings (SSSR count). The standard InChI is InChI=1S/C11H14N4/c1-2-10(7-11-3-4-13-14-11)8-15-6-5-12-9-15/h2-6,9H,7-8H2,1H3,(H,13,14)/b10-2-. The Bertz CT molecular complexity index is 373. The number of H-pyrrole nitrogens is 1. The maximum Gasteiger partial charge on any atom is 0.0948 e. The first kappa shape index (κ1) is 9.71. The van der Waals surface area contributed by atoms with Gasteiger partial charge in [-0.25, -0.2) is 4.98 Å². The summed E-state index contributed by atoms with van der Waals surface area (Å²) in [4.78, 5) is 4.02. The van der Waals surface area contributed by atoms with E-state index in [4.69, 9.17) is 0 Å². The lowest BCUT2D eigenvalue weighted by molar-refractivity contribution is 0.754. The largest absolute Gasteiger partial charge is 0.333 e. The van der Waals surface area contributed by atoms with Gasteiger partial charge in [-0.05, 0) is 18.6 Å². The van der Waals surface area contributed by atoms with Crippen molar-refractivity contribution in [2.24, 2.45) is 0 Å². The van der Waals surface area contributed by atoms with Crippen molar-refractivity contribution in [3.8, 4) is 0 Å². The number of nitrogens with one attached hydrogen (secondary N) is 1. The molecule has 0 amide bonds. The van der Waals surface area contributed by atoms with Gasteiger partial charge in [0.05, 0.1) is 6.33 Å². The molecule has 2 aromatic rings. The van der Waals surface area contributed by atoms with Gasteiger partial charge in [0.1, 0.15) is 0 Å². The first-order valence-electron chi connectivity index (χ1n) is 4.96. The predicted molar refractivity (Wildman–Crippen MR) is 58.3 cm³/mol. The summed E-state index contributed by atoms with van der Waals surface area (Å²) in [7, 11) is 0. The molecule has 2 aromatic heterocycles. The summed E-state index contributed by atoms with van der Waals surface area (Å²) < 4.78 is 2.06. The number of hydrogen-bond donors (Lipinski definition) is 1. The van der Waals surface area contributed by atoms with Gasteiger partial charge in [-0.3, -0.25) is 5.10 Å².